The fourth-order valence-electron chi connectivity index (χ4n) is 2.24. The molecule has 132 valence electrons. The first-order valence-corrected chi connectivity index (χ1v) is 7.55. The summed E-state index contributed by atoms with van der Waals surface area (Å²) in [7, 11) is 3.01. The van der Waals surface area contributed by atoms with Crippen LogP contribution in [-0.4, -0.2) is 37.4 Å². The maximum Gasteiger partial charge on any atom is 0.313 e. The molecule has 0 fully saturated rings. The van der Waals surface area contributed by atoms with Gasteiger partial charge in [0.05, 0.1) is 12.8 Å². The summed E-state index contributed by atoms with van der Waals surface area (Å²) in [4.78, 5) is 25.2. The van der Waals surface area contributed by atoms with Crippen LogP contribution in [0, 0.1) is 11.6 Å². The smallest absolute Gasteiger partial charge is 0.313 e. The van der Waals surface area contributed by atoms with Gasteiger partial charge in [-0.25, -0.2) is 8.78 Å². The SMILES string of the molecule is COc1ccccc1CCN(C)C(=O)C(=O)Nc1cc(F)ccc1F. The van der Waals surface area contributed by atoms with Gasteiger partial charge in [-0.15, -0.1) is 0 Å². The Morgan fingerprint density at radius 2 is 1.88 bits per heavy atom. The predicted molar refractivity (Wildman–Crippen MR) is 89.3 cm³/mol. The van der Waals surface area contributed by atoms with Gasteiger partial charge in [-0.3, -0.25) is 9.59 Å². The summed E-state index contributed by atoms with van der Waals surface area (Å²) in [6.07, 6.45) is 0.480. The van der Waals surface area contributed by atoms with Crippen LogP contribution in [0.1, 0.15) is 5.56 Å². The molecule has 2 aromatic carbocycles. The van der Waals surface area contributed by atoms with Crippen molar-refractivity contribution in [2.45, 2.75) is 6.42 Å². The number of hydrogen-bond acceptors (Lipinski definition) is 3. The van der Waals surface area contributed by atoms with Gasteiger partial charge >= 0.3 is 11.8 Å². The highest BCUT2D eigenvalue weighted by molar-refractivity contribution is 6.39. The number of halogens is 2. The Balaban J connectivity index is 1.97. The van der Waals surface area contributed by atoms with Crippen molar-refractivity contribution in [2.75, 3.05) is 26.0 Å². The van der Waals surface area contributed by atoms with Crippen LogP contribution < -0.4 is 10.1 Å². The Bertz CT molecular complexity index is 781. The fraction of sp³-hybridized carbons (Fsp3) is 0.222. The molecule has 2 amide bonds. The summed E-state index contributed by atoms with van der Waals surface area (Å²) in [5, 5.41) is 2.08. The number of carbonyl (C=O) groups is 2. The van der Waals surface area contributed by atoms with Crippen molar-refractivity contribution in [3.63, 3.8) is 0 Å². The molecule has 0 atom stereocenters. The lowest BCUT2D eigenvalue weighted by Crippen LogP contribution is -2.38. The molecule has 0 radical (unpaired) electrons. The molecule has 0 heterocycles. The molecular formula is C18H18F2N2O3. The Morgan fingerprint density at radius 3 is 2.60 bits per heavy atom. The normalized spacial score (nSPS) is 10.2. The number of ether oxygens (including phenoxy) is 1. The molecule has 5 nitrogen and oxygen atoms in total. The number of rotatable bonds is 5. The van der Waals surface area contributed by atoms with Gasteiger partial charge in [0, 0.05) is 19.7 Å². The van der Waals surface area contributed by atoms with E-state index in [1.54, 1.807) is 13.2 Å². The Kier molecular flexibility index (Phi) is 6.05. The predicted octanol–water partition coefficient (Wildman–Crippen LogP) is 2.61. The van der Waals surface area contributed by atoms with Crippen molar-refractivity contribution >= 4 is 17.5 Å². The second-order valence-electron chi connectivity index (χ2n) is 5.37. The van der Waals surface area contributed by atoms with E-state index >= 15 is 0 Å². The van der Waals surface area contributed by atoms with E-state index in [1.165, 1.54) is 11.9 Å². The minimum absolute atomic E-state index is 0.262. The molecule has 0 saturated heterocycles. The highest BCUT2D eigenvalue weighted by Gasteiger charge is 2.20. The Labute approximate surface area is 144 Å². The Morgan fingerprint density at radius 1 is 1.16 bits per heavy atom. The van der Waals surface area contributed by atoms with Crippen LogP contribution in [0.3, 0.4) is 0 Å². The van der Waals surface area contributed by atoms with Crippen LogP contribution in [0.25, 0.3) is 0 Å². The van der Waals surface area contributed by atoms with Crippen LogP contribution in [0.15, 0.2) is 42.5 Å². The number of carbonyl (C=O) groups excluding carboxylic acids is 2. The highest BCUT2D eigenvalue weighted by Crippen LogP contribution is 2.18. The van der Waals surface area contributed by atoms with E-state index in [1.807, 2.05) is 18.2 Å². The first kappa shape index (κ1) is 18.4. The van der Waals surface area contributed by atoms with E-state index in [0.717, 1.165) is 23.8 Å². The maximum absolute atomic E-state index is 13.5. The molecule has 0 aliphatic carbocycles. The van der Waals surface area contributed by atoms with E-state index in [2.05, 4.69) is 5.32 Å². The molecule has 1 N–H and O–H groups in total. The van der Waals surface area contributed by atoms with Crippen LogP contribution in [0.2, 0.25) is 0 Å². The average Bonchev–Trinajstić information content (AvgIpc) is 2.62. The van der Waals surface area contributed by atoms with Crippen molar-refractivity contribution < 1.29 is 23.1 Å². The largest absolute Gasteiger partial charge is 0.496 e. The van der Waals surface area contributed by atoms with Gasteiger partial charge in [0.2, 0.25) is 0 Å². The number of para-hydroxylation sites is 1. The third-order valence-electron chi connectivity index (χ3n) is 3.63. The molecule has 0 spiro atoms. The van der Waals surface area contributed by atoms with Gasteiger partial charge in [-0.05, 0) is 30.2 Å². The van der Waals surface area contributed by atoms with Crippen LogP contribution in [-0.2, 0) is 16.0 Å². The van der Waals surface area contributed by atoms with Gasteiger partial charge < -0.3 is 15.0 Å². The quantitative estimate of drug-likeness (QED) is 0.845. The number of nitrogens with one attached hydrogen (secondary N) is 1. The zero-order valence-electron chi connectivity index (χ0n) is 13.9. The monoisotopic (exact) mass is 348 g/mol. The number of methoxy groups -OCH3 is 1. The minimum Gasteiger partial charge on any atom is -0.496 e. The number of likely N-dealkylation sites (N-methyl/N-ethyl adjacent to an activating group) is 1. The zero-order valence-corrected chi connectivity index (χ0v) is 13.9. The molecule has 0 aliphatic rings. The summed E-state index contributed by atoms with van der Waals surface area (Å²) < 4.78 is 31.9. The second kappa shape index (κ2) is 8.23. The molecule has 0 unspecified atom stereocenters. The van der Waals surface area contributed by atoms with Gasteiger partial charge in [0.15, 0.2) is 0 Å². The third kappa shape index (κ3) is 4.76. The van der Waals surface area contributed by atoms with E-state index in [-0.39, 0.29) is 12.2 Å². The topological polar surface area (TPSA) is 58.6 Å². The van der Waals surface area contributed by atoms with Gasteiger partial charge in [-0.1, -0.05) is 18.2 Å². The van der Waals surface area contributed by atoms with Crippen molar-refractivity contribution in [1.82, 2.24) is 4.90 Å². The third-order valence-corrected chi connectivity index (χ3v) is 3.63. The van der Waals surface area contributed by atoms with E-state index < -0.39 is 23.4 Å². The number of nitrogens with zero attached hydrogens (tertiary/aromatic N) is 1. The van der Waals surface area contributed by atoms with Crippen molar-refractivity contribution in [3.05, 3.63) is 59.7 Å². The van der Waals surface area contributed by atoms with Crippen LogP contribution >= 0.6 is 0 Å². The van der Waals surface area contributed by atoms with Crippen LogP contribution in [0.4, 0.5) is 14.5 Å². The van der Waals surface area contributed by atoms with E-state index in [0.29, 0.717) is 12.2 Å². The molecule has 0 aliphatic heterocycles. The molecule has 0 saturated carbocycles. The summed E-state index contributed by atoms with van der Waals surface area (Å²) in [6, 6.07) is 9.95. The van der Waals surface area contributed by atoms with Crippen molar-refractivity contribution in [3.8, 4) is 5.75 Å². The lowest BCUT2D eigenvalue weighted by Gasteiger charge is -2.17. The summed E-state index contributed by atoms with van der Waals surface area (Å²) in [5.74, 6) is -2.73. The second-order valence-corrected chi connectivity index (χ2v) is 5.37. The lowest BCUT2D eigenvalue weighted by molar-refractivity contribution is -0.142. The molecule has 2 rings (SSSR count). The molecule has 7 heteroatoms. The Hall–Kier alpha value is -2.96. The average molecular weight is 348 g/mol. The van der Waals surface area contributed by atoms with E-state index in [9.17, 15) is 18.4 Å². The lowest BCUT2D eigenvalue weighted by atomic mass is 10.1. The van der Waals surface area contributed by atoms with Gasteiger partial charge in [0.1, 0.15) is 17.4 Å². The molecular weight excluding hydrogens is 330 g/mol. The standard InChI is InChI=1S/C18H18F2N2O3/c1-22(10-9-12-5-3-4-6-16(12)25-2)18(24)17(23)21-15-11-13(19)7-8-14(15)20/h3-8,11H,9-10H2,1-2H3,(H,21,23). The summed E-state index contributed by atoms with van der Waals surface area (Å²) >= 11 is 0. The summed E-state index contributed by atoms with van der Waals surface area (Å²) in [5.41, 5.74) is 0.512. The maximum atomic E-state index is 13.5. The minimum atomic E-state index is -1.04. The zero-order chi connectivity index (χ0) is 18.4. The fourth-order valence-corrected chi connectivity index (χ4v) is 2.24. The number of amides is 2. The number of hydrogen-bond donors (Lipinski definition) is 1. The van der Waals surface area contributed by atoms with Gasteiger partial charge in [0.25, 0.3) is 0 Å². The van der Waals surface area contributed by atoms with E-state index in [4.69, 9.17) is 4.74 Å². The van der Waals surface area contributed by atoms with Crippen LogP contribution in [0.5, 0.6) is 5.75 Å². The molecule has 0 bridgehead atoms. The molecule has 0 aromatic heterocycles. The molecule has 25 heavy (non-hydrogen) atoms. The number of anilines is 1. The van der Waals surface area contributed by atoms with Crippen molar-refractivity contribution in [1.29, 1.82) is 0 Å². The number of benzene rings is 2. The van der Waals surface area contributed by atoms with Gasteiger partial charge in [-0.2, -0.15) is 0 Å². The highest BCUT2D eigenvalue weighted by atomic mass is 19.1. The molecule has 2 aromatic rings. The summed E-state index contributed by atoms with van der Waals surface area (Å²) in [6.45, 7) is 0.262. The first-order valence-electron chi connectivity index (χ1n) is 7.55. The first-order chi connectivity index (χ1) is 11.9. The van der Waals surface area contributed by atoms with Crippen molar-refractivity contribution in [2.24, 2.45) is 0 Å².